The third kappa shape index (κ3) is 4.17. The van der Waals surface area contributed by atoms with E-state index in [4.69, 9.17) is 15.3 Å². The van der Waals surface area contributed by atoms with E-state index in [2.05, 4.69) is 15.5 Å². The molecule has 0 radical (unpaired) electrons. The number of nitrogen functional groups attached to an aromatic ring is 1. The maximum atomic E-state index is 12.7. The zero-order chi connectivity index (χ0) is 21.8. The number of aliphatic carboxylic acids is 1. The van der Waals surface area contributed by atoms with E-state index in [1.54, 1.807) is 17.5 Å². The molecule has 30 heavy (non-hydrogen) atoms. The molecular weight excluding hydrogens is 434 g/mol. The van der Waals surface area contributed by atoms with Gasteiger partial charge < -0.3 is 25.7 Å². The van der Waals surface area contributed by atoms with Gasteiger partial charge in [-0.2, -0.15) is 0 Å². The molecule has 2 amide bonds. The van der Waals surface area contributed by atoms with Gasteiger partial charge >= 0.3 is 5.97 Å². The molecule has 1 aromatic rings. The van der Waals surface area contributed by atoms with Gasteiger partial charge in [0.05, 0.1) is 6.61 Å². The molecule has 2 aliphatic heterocycles. The van der Waals surface area contributed by atoms with Crippen molar-refractivity contribution in [3.05, 3.63) is 34.5 Å². The molecule has 1 saturated heterocycles. The van der Waals surface area contributed by atoms with Gasteiger partial charge in [-0.25, -0.2) is 9.78 Å². The summed E-state index contributed by atoms with van der Waals surface area (Å²) in [5.74, 6) is -2.04. The number of aromatic nitrogens is 1. The van der Waals surface area contributed by atoms with Crippen molar-refractivity contribution in [2.75, 3.05) is 32.3 Å². The minimum atomic E-state index is -1.21. The second-order valence-electron chi connectivity index (χ2n) is 6.09. The summed E-state index contributed by atoms with van der Waals surface area (Å²) in [6, 6.07) is -0.903. The standard InChI is InChI=1S/C17H19N5O6S2/c1-27-5-3-4-8-6-29-15-11(14(24)22(15)12(8)16(25)26)20-13(23)10(21-28-2)9-7-30-17(18)19-9/h3-4,7,11,15H,5-6H2,1-2H3,(H2,18,19)(H,20,23)(H,25,26)/b4-3-,21-10-/t11-,15+/m1/s1. The first-order valence-electron chi connectivity index (χ1n) is 8.59. The van der Waals surface area contributed by atoms with Gasteiger partial charge in [-0.1, -0.05) is 17.3 Å². The Hall–Kier alpha value is -2.90. The number of allylic oxidation sites excluding steroid dienone is 1. The lowest BCUT2D eigenvalue weighted by Gasteiger charge is -2.49. The van der Waals surface area contributed by atoms with Crippen molar-refractivity contribution < 1.29 is 29.1 Å². The maximum absolute atomic E-state index is 12.7. The summed E-state index contributed by atoms with van der Waals surface area (Å²) >= 11 is 2.48. The number of hydrogen-bond donors (Lipinski definition) is 3. The summed E-state index contributed by atoms with van der Waals surface area (Å²) < 4.78 is 4.93. The van der Waals surface area contributed by atoms with Gasteiger partial charge in [-0.05, 0) is 5.57 Å². The summed E-state index contributed by atoms with van der Waals surface area (Å²) in [6.45, 7) is 0.319. The molecule has 11 nitrogen and oxygen atoms in total. The molecule has 2 atom stereocenters. The number of nitrogens with zero attached hydrogens (tertiary/aromatic N) is 3. The molecule has 0 aromatic carbocycles. The molecule has 1 aromatic heterocycles. The molecule has 0 bridgehead atoms. The largest absolute Gasteiger partial charge is 0.477 e. The molecular formula is C17H19N5O6S2. The minimum Gasteiger partial charge on any atom is -0.477 e. The first-order chi connectivity index (χ1) is 14.4. The third-order valence-corrected chi connectivity index (χ3v) is 6.21. The van der Waals surface area contributed by atoms with E-state index in [0.717, 1.165) is 11.3 Å². The van der Waals surface area contributed by atoms with Crippen molar-refractivity contribution >= 4 is 51.7 Å². The number of thiazole rings is 1. The van der Waals surface area contributed by atoms with Gasteiger partial charge in [0.2, 0.25) is 0 Å². The predicted molar refractivity (Wildman–Crippen MR) is 111 cm³/mol. The first kappa shape index (κ1) is 21.8. The van der Waals surface area contributed by atoms with E-state index in [0.29, 0.717) is 17.9 Å². The zero-order valence-corrected chi connectivity index (χ0v) is 17.7. The Morgan fingerprint density at radius 3 is 2.87 bits per heavy atom. The normalized spacial score (nSPS) is 21.5. The Morgan fingerprint density at radius 2 is 2.27 bits per heavy atom. The topological polar surface area (TPSA) is 156 Å². The van der Waals surface area contributed by atoms with Crippen molar-refractivity contribution in [1.29, 1.82) is 0 Å². The van der Waals surface area contributed by atoms with Gasteiger partial charge in [0.15, 0.2) is 10.8 Å². The number of rotatable bonds is 8. The van der Waals surface area contributed by atoms with Gasteiger partial charge in [0, 0.05) is 18.2 Å². The summed E-state index contributed by atoms with van der Waals surface area (Å²) in [4.78, 5) is 47.1. The van der Waals surface area contributed by atoms with Gasteiger partial charge in [0.1, 0.15) is 29.9 Å². The number of thioether (sulfide) groups is 1. The lowest BCUT2D eigenvalue weighted by Crippen LogP contribution is -2.71. The number of fused-ring (bicyclic) bond motifs is 1. The number of hydrogen-bond acceptors (Lipinski definition) is 10. The number of anilines is 1. The third-order valence-electron chi connectivity index (χ3n) is 4.23. The lowest BCUT2D eigenvalue weighted by molar-refractivity contribution is -0.150. The molecule has 4 N–H and O–H groups in total. The molecule has 1 fully saturated rings. The molecule has 13 heteroatoms. The number of carbonyl (C=O) groups is 3. The SMILES string of the molecule is COC/C=C\C1=C(C(=O)O)N2C(=O)[C@@H](NC(=O)/C(=N\OC)c3csc(N)n3)[C@@H]2SC1. The number of β-lactam (4-membered cyclic amide) rings is 1. The number of carbonyl (C=O) groups excluding carboxylic acids is 2. The van der Waals surface area contributed by atoms with E-state index in [1.807, 2.05) is 0 Å². The molecule has 0 aliphatic carbocycles. The average Bonchev–Trinajstić information content (AvgIpc) is 3.15. The highest BCUT2D eigenvalue weighted by Gasteiger charge is 2.54. The average molecular weight is 454 g/mol. The molecule has 160 valence electrons. The Labute approximate surface area is 179 Å². The van der Waals surface area contributed by atoms with E-state index in [9.17, 15) is 19.5 Å². The Bertz CT molecular complexity index is 956. The summed E-state index contributed by atoms with van der Waals surface area (Å²) in [5, 5.41) is 17.1. The highest BCUT2D eigenvalue weighted by molar-refractivity contribution is 8.00. The number of ether oxygens (including phenoxy) is 1. The van der Waals surface area contributed by atoms with Crippen molar-refractivity contribution in [2.24, 2.45) is 5.16 Å². The summed E-state index contributed by atoms with van der Waals surface area (Å²) in [5.41, 5.74) is 6.09. The fourth-order valence-electron chi connectivity index (χ4n) is 2.96. The van der Waals surface area contributed by atoms with Crippen molar-refractivity contribution in [2.45, 2.75) is 11.4 Å². The van der Waals surface area contributed by atoms with Crippen LogP contribution in [0.4, 0.5) is 5.13 Å². The van der Waals surface area contributed by atoms with Crippen LogP contribution >= 0.6 is 23.1 Å². The van der Waals surface area contributed by atoms with Gasteiger partial charge in [-0.3, -0.25) is 14.5 Å². The summed E-state index contributed by atoms with van der Waals surface area (Å²) in [6.07, 6.45) is 3.31. The molecule has 0 unspecified atom stereocenters. The number of amides is 2. The number of nitrogens with two attached hydrogens (primary N) is 1. The molecule has 0 spiro atoms. The van der Waals surface area contributed by atoms with Crippen molar-refractivity contribution in [3.63, 3.8) is 0 Å². The highest BCUT2D eigenvalue weighted by atomic mass is 32.2. The molecule has 3 rings (SSSR count). The monoisotopic (exact) mass is 453 g/mol. The van der Waals surface area contributed by atoms with Crippen LogP contribution in [-0.2, 0) is 24.0 Å². The molecule has 3 heterocycles. The first-order valence-corrected chi connectivity index (χ1v) is 10.5. The van der Waals surface area contributed by atoms with Crippen LogP contribution < -0.4 is 11.1 Å². The van der Waals surface area contributed by atoms with Gasteiger partial charge in [-0.15, -0.1) is 23.1 Å². The second-order valence-corrected chi connectivity index (χ2v) is 8.09. The number of nitrogens with one attached hydrogen (secondary N) is 1. The van der Waals surface area contributed by atoms with Crippen LogP contribution in [0, 0.1) is 0 Å². The fourth-order valence-corrected chi connectivity index (χ4v) is 4.83. The Kier molecular flexibility index (Phi) is 6.74. The molecule has 0 saturated carbocycles. The smallest absolute Gasteiger partial charge is 0.352 e. The minimum absolute atomic E-state index is 0.0975. The predicted octanol–water partition coefficient (Wildman–Crippen LogP) is 0.0170. The number of carboxylic acid groups (broad SMARTS) is 1. The van der Waals surface area contributed by atoms with Crippen molar-refractivity contribution in [3.8, 4) is 0 Å². The summed E-state index contributed by atoms with van der Waals surface area (Å²) in [7, 11) is 2.80. The maximum Gasteiger partial charge on any atom is 0.352 e. The van der Waals surface area contributed by atoms with E-state index in [1.165, 1.54) is 30.9 Å². The zero-order valence-electron chi connectivity index (χ0n) is 16.0. The number of carboxylic acids is 1. The Morgan fingerprint density at radius 1 is 1.50 bits per heavy atom. The number of oxime groups is 1. The van der Waals surface area contributed by atoms with Crippen LogP contribution in [-0.4, -0.2) is 76.5 Å². The van der Waals surface area contributed by atoms with E-state index >= 15 is 0 Å². The Balaban J connectivity index is 1.78. The van der Waals surface area contributed by atoms with E-state index in [-0.39, 0.29) is 22.2 Å². The molecule has 2 aliphatic rings. The van der Waals surface area contributed by atoms with Crippen LogP contribution in [0.3, 0.4) is 0 Å². The fraction of sp³-hybridized carbons (Fsp3) is 0.353. The quantitative estimate of drug-likeness (QED) is 0.280. The van der Waals surface area contributed by atoms with Crippen LogP contribution in [0.15, 0.2) is 34.0 Å². The second kappa shape index (κ2) is 9.28. The lowest BCUT2D eigenvalue weighted by atomic mass is 10.0. The van der Waals surface area contributed by atoms with E-state index < -0.39 is 29.2 Å². The number of methoxy groups -OCH3 is 1. The van der Waals surface area contributed by atoms with Crippen molar-refractivity contribution in [1.82, 2.24) is 15.2 Å². The van der Waals surface area contributed by atoms with Gasteiger partial charge in [0.25, 0.3) is 11.8 Å². The van der Waals surface area contributed by atoms with Crippen LogP contribution in [0.1, 0.15) is 5.69 Å². The van der Waals surface area contributed by atoms with Crippen LogP contribution in [0.25, 0.3) is 0 Å². The van der Waals surface area contributed by atoms with Crippen LogP contribution in [0.2, 0.25) is 0 Å². The highest BCUT2D eigenvalue weighted by Crippen LogP contribution is 2.40. The van der Waals surface area contributed by atoms with Crippen LogP contribution in [0.5, 0.6) is 0 Å².